The molecular weight excluding hydrogens is 188 g/mol. The van der Waals surface area contributed by atoms with E-state index in [1.807, 2.05) is 13.0 Å². The van der Waals surface area contributed by atoms with Gasteiger partial charge in [-0.05, 0) is 26.2 Å². The summed E-state index contributed by atoms with van der Waals surface area (Å²) in [5.74, 6) is -0.0454. The lowest BCUT2D eigenvalue weighted by Crippen LogP contribution is -2.05. The van der Waals surface area contributed by atoms with Crippen molar-refractivity contribution in [2.45, 2.75) is 58.8 Å². The van der Waals surface area contributed by atoms with Crippen molar-refractivity contribution in [2.75, 3.05) is 6.61 Å². The molecule has 0 aromatic heterocycles. The lowest BCUT2D eigenvalue weighted by molar-refractivity contribution is -0.143. The molecule has 2 heteroatoms. The zero-order chi connectivity index (χ0) is 11.4. The van der Waals surface area contributed by atoms with Crippen molar-refractivity contribution in [1.82, 2.24) is 0 Å². The van der Waals surface area contributed by atoms with Crippen LogP contribution in [0.15, 0.2) is 12.2 Å². The maximum Gasteiger partial charge on any atom is 0.305 e. The molecule has 0 amide bonds. The molecule has 0 saturated heterocycles. The van der Waals surface area contributed by atoms with Crippen LogP contribution in [0.3, 0.4) is 0 Å². The lowest BCUT2D eigenvalue weighted by Gasteiger charge is -2.03. The quantitative estimate of drug-likeness (QED) is 0.329. The van der Waals surface area contributed by atoms with Crippen molar-refractivity contribution in [3.8, 4) is 0 Å². The third-order valence-electron chi connectivity index (χ3n) is 2.25. The van der Waals surface area contributed by atoms with Crippen LogP contribution in [-0.2, 0) is 9.53 Å². The predicted molar refractivity (Wildman–Crippen MR) is 63.8 cm³/mol. The highest BCUT2D eigenvalue weighted by atomic mass is 16.5. The van der Waals surface area contributed by atoms with E-state index < -0.39 is 0 Å². The van der Waals surface area contributed by atoms with Gasteiger partial charge in [-0.2, -0.15) is 0 Å². The molecule has 0 spiro atoms. The van der Waals surface area contributed by atoms with E-state index >= 15 is 0 Å². The van der Waals surface area contributed by atoms with Crippen molar-refractivity contribution in [3.05, 3.63) is 12.2 Å². The summed E-state index contributed by atoms with van der Waals surface area (Å²) >= 11 is 0. The third kappa shape index (κ3) is 11.1. The van der Waals surface area contributed by atoms with Crippen LogP contribution in [0.1, 0.15) is 58.8 Å². The van der Waals surface area contributed by atoms with E-state index in [0.29, 0.717) is 13.0 Å². The number of carbonyl (C=O) groups is 1. The standard InChI is InChI=1S/C13H24O2/c1-3-5-7-9-11-13(14)15-12-10-8-6-4-2/h3,5H,4,6-12H2,1-2H3/b5-3+. The highest BCUT2D eigenvalue weighted by Gasteiger charge is 2.00. The molecule has 0 atom stereocenters. The maximum atomic E-state index is 11.2. The summed E-state index contributed by atoms with van der Waals surface area (Å²) in [7, 11) is 0. The van der Waals surface area contributed by atoms with E-state index in [9.17, 15) is 4.79 Å². The van der Waals surface area contributed by atoms with Gasteiger partial charge in [-0.15, -0.1) is 0 Å². The lowest BCUT2D eigenvalue weighted by atomic mass is 10.2. The van der Waals surface area contributed by atoms with Gasteiger partial charge in [0.05, 0.1) is 6.61 Å². The first kappa shape index (κ1) is 14.2. The zero-order valence-corrected chi connectivity index (χ0v) is 10.1. The van der Waals surface area contributed by atoms with E-state index in [2.05, 4.69) is 13.0 Å². The van der Waals surface area contributed by atoms with Crippen LogP contribution < -0.4 is 0 Å². The first-order chi connectivity index (χ1) is 7.31. The van der Waals surface area contributed by atoms with Crippen LogP contribution in [-0.4, -0.2) is 12.6 Å². The number of hydrogen-bond acceptors (Lipinski definition) is 2. The summed E-state index contributed by atoms with van der Waals surface area (Å²) in [4.78, 5) is 11.2. The van der Waals surface area contributed by atoms with E-state index in [0.717, 1.165) is 19.3 Å². The van der Waals surface area contributed by atoms with Gasteiger partial charge in [0.2, 0.25) is 0 Å². The van der Waals surface area contributed by atoms with Crippen molar-refractivity contribution < 1.29 is 9.53 Å². The molecule has 0 saturated carbocycles. The molecule has 2 nitrogen and oxygen atoms in total. The van der Waals surface area contributed by atoms with Crippen LogP contribution in [0.2, 0.25) is 0 Å². The highest BCUT2D eigenvalue weighted by molar-refractivity contribution is 5.69. The zero-order valence-electron chi connectivity index (χ0n) is 10.1. The second kappa shape index (κ2) is 11.3. The van der Waals surface area contributed by atoms with Gasteiger partial charge in [-0.3, -0.25) is 4.79 Å². The van der Waals surface area contributed by atoms with E-state index in [-0.39, 0.29) is 5.97 Å². The SMILES string of the molecule is C/C=C/CCCC(=O)OCCCCCC. The fraction of sp³-hybridized carbons (Fsp3) is 0.769. The Kier molecular flexibility index (Phi) is 10.7. The number of esters is 1. The Balaban J connectivity index is 3.18. The summed E-state index contributed by atoms with van der Waals surface area (Å²) < 4.78 is 5.11. The average Bonchev–Trinajstić information content (AvgIpc) is 2.24. The normalized spacial score (nSPS) is 10.8. The van der Waals surface area contributed by atoms with Crippen LogP contribution >= 0.6 is 0 Å². The van der Waals surface area contributed by atoms with E-state index in [1.54, 1.807) is 0 Å². The molecule has 88 valence electrons. The van der Waals surface area contributed by atoms with Gasteiger partial charge in [-0.25, -0.2) is 0 Å². The minimum atomic E-state index is -0.0454. The van der Waals surface area contributed by atoms with Gasteiger partial charge in [0.15, 0.2) is 0 Å². The predicted octanol–water partition coefficient (Wildman–Crippen LogP) is 3.86. The van der Waals surface area contributed by atoms with E-state index in [1.165, 1.54) is 19.3 Å². The first-order valence-electron chi connectivity index (χ1n) is 6.08. The molecule has 0 heterocycles. The summed E-state index contributed by atoms with van der Waals surface area (Å²) in [5, 5.41) is 0. The largest absolute Gasteiger partial charge is 0.466 e. The molecule has 0 aromatic rings. The fourth-order valence-corrected chi connectivity index (χ4v) is 1.32. The molecule has 0 aliphatic rings. The Labute approximate surface area is 93.7 Å². The summed E-state index contributed by atoms with van der Waals surface area (Å²) in [6, 6.07) is 0. The second-order valence-corrected chi connectivity index (χ2v) is 3.74. The summed E-state index contributed by atoms with van der Waals surface area (Å²) in [6.45, 7) is 4.77. The van der Waals surface area contributed by atoms with Gasteiger partial charge >= 0.3 is 5.97 Å². The third-order valence-corrected chi connectivity index (χ3v) is 2.25. The number of ether oxygens (including phenoxy) is 1. The van der Waals surface area contributed by atoms with Gasteiger partial charge in [0, 0.05) is 6.42 Å². The number of rotatable bonds is 9. The smallest absolute Gasteiger partial charge is 0.305 e. The summed E-state index contributed by atoms with van der Waals surface area (Å²) in [5.41, 5.74) is 0. The highest BCUT2D eigenvalue weighted by Crippen LogP contribution is 2.02. The topological polar surface area (TPSA) is 26.3 Å². The van der Waals surface area contributed by atoms with Crippen molar-refractivity contribution in [1.29, 1.82) is 0 Å². The number of hydrogen-bond donors (Lipinski definition) is 0. The molecule has 0 aliphatic heterocycles. The van der Waals surface area contributed by atoms with Crippen LogP contribution in [0, 0.1) is 0 Å². The Morgan fingerprint density at radius 2 is 2.00 bits per heavy atom. The maximum absolute atomic E-state index is 11.2. The van der Waals surface area contributed by atoms with Gasteiger partial charge < -0.3 is 4.74 Å². The number of unbranched alkanes of at least 4 members (excludes halogenated alkanes) is 4. The molecule has 0 rings (SSSR count). The minimum Gasteiger partial charge on any atom is -0.466 e. The monoisotopic (exact) mass is 212 g/mol. The molecule has 0 fully saturated rings. The van der Waals surface area contributed by atoms with Crippen molar-refractivity contribution in [2.24, 2.45) is 0 Å². The van der Waals surface area contributed by atoms with Crippen LogP contribution in [0.25, 0.3) is 0 Å². The first-order valence-corrected chi connectivity index (χ1v) is 6.08. The Morgan fingerprint density at radius 1 is 1.20 bits per heavy atom. The number of allylic oxidation sites excluding steroid dienone is 2. The fourth-order valence-electron chi connectivity index (χ4n) is 1.32. The van der Waals surface area contributed by atoms with Gasteiger partial charge in [0.1, 0.15) is 0 Å². The molecule has 0 N–H and O–H groups in total. The molecule has 15 heavy (non-hydrogen) atoms. The molecule has 0 aromatic carbocycles. The minimum absolute atomic E-state index is 0.0454. The Hall–Kier alpha value is -0.790. The molecule has 0 unspecified atom stereocenters. The van der Waals surface area contributed by atoms with Crippen LogP contribution in [0.4, 0.5) is 0 Å². The van der Waals surface area contributed by atoms with Gasteiger partial charge in [-0.1, -0.05) is 38.3 Å². The van der Waals surface area contributed by atoms with Crippen LogP contribution in [0.5, 0.6) is 0 Å². The van der Waals surface area contributed by atoms with Crippen molar-refractivity contribution in [3.63, 3.8) is 0 Å². The molecular formula is C13H24O2. The van der Waals surface area contributed by atoms with E-state index in [4.69, 9.17) is 4.74 Å². The Morgan fingerprint density at radius 3 is 2.67 bits per heavy atom. The Bertz CT molecular complexity index is 173. The molecule has 0 bridgehead atoms. The average molecular weight is 212 g/mol. The summed E-state index contributed by atoms with van der Waals surface area (Å²) in [6.07, 6.45) is 11.1. The second-order valence-electron chi connectivity index (χ2n) is 3.74. The van der Waals surface area contributed by atoms with Gasteiger partial charge in [0.25, 0.3) is 0 Å². The molecule has 0 aliphatic carbocycles. The number of carbonyl (C=O) groups excluding carboxylic acids is 1. The van der Waals surface area contributed by atoms with Crippen molar-refractivity contribution >= 4 is 5.97 Å². The molecule has 0 radical (unpaired) electrons.